The average molecular weight is 206 g/mol. The van der Waals surface area contributed by atoms with Gasteiger partial charge in [-0.25, -0.2) is 0 Å². The summed E-state index contributed by atoms with van der Waals surface area (Å²) < 4.78 is 0. The van der Waals surface area contributed by atoms with Crippen LogP contribution in [0.1, 0.15) is 51.4 Å². The fourth-order valence-corrected chi connectivity index (χ4v) is 3.40. The molecule has 3 rings (SSSR count). The van der Waals surface area contributed by atoms with E-state index in [-0.39, 0.29) is 0 Å². The molecule has 1 heterocycles. The standard InChI is InChI=1S/C13H22N2/c1-2-6-12(7-3-1)15-9-11-5-4-8-13(11)14-10-15/h12,14H,1-10H2. The van der Waals surface area contributed by atoms with E-state index < -0.39 is 0 Å². The molecule has 3 aliphatic rings. The van der Waals surface area contributed by atoms with Crippen LogP contribution >= 0.6 is 0 Å². The van der Waals surface area contributed by atoms with E-state index in [9.17, 15) is 0 Å². The zero-order valence-electron chi connectivity index (χ0n) is 9.60. The fourth-order valence-electron chi connectivity index (χ4n) is 3.40. The summed E-state index contributed by atoms with van der Waals surface area (Å²) in [7, 11) is 0. The van der Waals surface area contributed by atoms with Gasteiger partial charge >= 0.3 is 0 Å². The van der Waals surface area contributed by atoms with Gasteiger partial charge in [-0.05, 0) is 37.7 Å². The van der Waals surface area contributed by atoms with Crippen molar-refractivity contribution in [3.63, 3.8) is 0 Å². The van der Waals surface area contributed by atoms with Crippen LogP contribution in [0.4, 0.5) is 0 Å². The first kappa shape index (κ1) is 9.71. The molecular weight excluding hydrogens is 184 g/mol. The molecule has 0 aromatic rings. The summed E-state index contributed by atoms with van der Waals surface area (Å²) in [5.41, 5.74) is 3.30. The Hall–Kier alpha value is -0.500. The van der Waals surface area contributed by atoms with Gasteiger partial charge in [0, 0.05) is 18.3 Å². The van der Waals surface area contributed by atoms with Gasteiger partial charge in [0.2, 0.25) is 0 Å². The minimum Gasteiger partial charge on any atom is -0.376 e. The van der Waals surface area contributed by atoms with Gasteiger partial charge in [0.25, 0.3) is 0 Å². The maximum Gasteiger partial charge on any atom is 0.0680 e. The van der Waals surface area contributed by atoms with E-state index in [0.717, 1.165) is 12.7 Å². The monoisotopic (exact) mass is 206 g/mol. The summed E-state index contributed by atoms with van der Waals surface area (Å²) in [6, 6.07) is 0.876. The van der Waals surface area contributed by atoms with Gasteiger partial charge < -0.3 is 5.32 Å². The molecular formula is C13H22N2. The SMILES string of the molecule is C1CCC(N2CNC3=C(CCC3)C2)CC1. The minimum atomic E-state index is 0.876. The Morgan fingerprint density at radius 1 is 1.00 bits per heavy atom. The predicted molar refractivity (Wildman–Crippen MR) is 62.5 cm³/mol. The summed E-state index contributed by atoms with van der Waals surface area (Å²) in [6.45, 7) is 2.39. The van der Waals surface area contributed by atoms with Crippen molar-refractivity contribution in [3.8, 4) is 0 Å². The molecule has 2 nitrogen and oxygen atoms in total. The number of hydrogen-bond donors (Lipinski definition) is 1. The highest BCUT2D eigenvalue weighted by molar-refractivity contribution is 5.21. The Morgan fingerprint density at radius 2 is 1.87 bits per heavy atom. The molecule has 0 amide bonds. The lowest BCUT2D eigenvalue weighted by molar-refractivity contribution is 0.152. The van der Waals surface area contributed by atoms with Crippen molar-refractivity contribution < 1.29 is 0 Å². The molecule has 1 aliphatic heterocycles. The van der Waals surface area contributed by atoms with Gasteiger partial charge in [0.05, 0.1) is 6.67 Å². The fraction of sp³-hybridized carbons (Fsp3) is 0.846. The van der Waals surface area contributed by atoms with Crippen molar-refractivity contribution in [2.75, 3.05) is 13.2 Å². The van der Waals surface area contributed by atoms with Gasteiger partial charge in [-0.1, -0.05) is 19.3 Å². The van der Waals surface area contributed by atoms with Crippen molar-refractivity contribution >= 4 is 0 Å². The van der Waals surface area contributed by atoms with Crippen LogP contribution in [-0.4, -0.2) is 24.2 Å². The maximum atomic E-state index is 3.63. The molecule has 2 aliphatic carbocycles. The van der Waals surface area contributed by atoms with E-state index in [4.69, 9.17) is 0 Å². The highest BCUT2D eigenvalue weighted by Gasteiger charge is 2.27. The number of rotatable bonds is 1. The van der Waals surface area contributed by atoms with Crippen molar-refractivity contribution in [2.24, 2.45) is 0 Å². The Labute approximate surface area is 92.7 Å². The Balaban J connectivity index is 1.64. The van der Waals surface area contributed by atoms with Crippen molar-refractivity contribution in [2.45, 2.75) is 57.4 Å². The average Bonchev–Trinajstić information content (AvgIpc) is 2.77. The molecule has 0 aromatic heterocycles. The van der Waals surface area contributed by atoms with Crippen molar-refractivity contribution in [3.05, 3.63) is 11.3 Å². The normalized spacial score (nSPS) is 29.1. The molecule has 0 radical (unpaired) electrons. The first-order chi connectivity index (χ1) is 7.43. The molecule has 0 saturated heterocycles. The highest BCUT2D eigenvalue weighted by atomic mass is 15.3. The van der Waals surface area contributed by atoms with Crippen LogP contribution in [0.25, 0.3) is 0 Å². The third-order valence-electron chi connectivity index (χ3n) is 4.31. The van der Waals surface area contributed by atoms with E-state index in [1.165, 1.54) is 57.9 Å². The van der Waals surface area contributed by atoms with E-state index in [1.807, 2.05) is 0 Å². The zero-order chi connectivity index (χ0) is 10.1. The smallest absolute Gasteiger partial charge is 0.0680 e. The summed E-state index contributed by atoms with van der Waals surface area (Å²) in [5, 5.41) is 3.63. The topological polar surface area (TPSA) is 15.3 Å². The Kier molecular flexibility index (Phi) is 2.70. The number of allylic oxidation sites excluding steroid dienone is 1. The molecule has 0 spiro atoms. The summed E-state index contributed by atoms with van der Waals surface area (Å²) >= 11 is 0. The lowest BCUT2D eigenvalue weighted by Crippen LogP contribution is -2.46. The number of nitrogens with one attached hydrogen (secondary N) is 1. The van der Waals surface area contributed by atoms with Crippen LogP contribution in [0.15, 0.2) is 11.3 Å². The second-order valence-corrected chi connectivity index (χ2v) is 5.31. The molecule has 15 heavy (non-hydrogen) atoms. The molecule has 1 fully saturated rings. The Bertz CT molecular complexity index is 264. The first-order valence-electron chi connectivity index (χ1n) is 6.62. The van der Waals surface area contributed by atoms with E-state index in [1.54, 1.807) is 11.3 Å². The quantitative estimate of drug-likeness (QED) is 0.709. The van der Waals surface area contributed by atoms with Gasteiger partial charge in [-0.3, -0.25) is 4.90 Å². The molecule has 1 saturated carbocycles. The minimum absolute atomic E-state index is 0.876. The molecule has 0 aromatic carbocycles. The van der Waals surface area contributed by atoms with Gasteiger partial charge in [0.15, 0.2) is 0 Å². The molecule has 2 heteroatoms. The molecule has 0 atom stereocenters. The summed E-state index contributed by atoms with van der Waals surface area (Å²) in [4.78, 5) is 2.68. The summed E-state index contributed by atoms with van der Waals surface area (Å²) in [6.07, 6.45) is 11.3. The first-order valence-corrected chi connectivity index (χ1v) is 6.62. The molecule has 1 N–H and O–H groups in total. The second-order valence-electron chi connectivity index (χ2n) is 5.31. The molecule has 0 unspecified atom stereocenters. The lowest BCUT2D eigenvalue weighted by Gasteiger charge is -2.38. The van der Waals surface area contributed by atoms with Crippen molar-refractivity contribution in [1.29, 1.82) is 0 Å². The highest BCUT2D eigenvalue weighted by Crippen LogP contribution is 2.30. The molecule has 0 bridgehead atoms. The van der Waals surface area contributed by atoms with Crippen LogP contribution in [0, 0.1) is 0 Å². The molecule has 84 valence electrons. The van der Waals surface area contributed by atoms with Crippen LogP contribution < -0.4 is 5.32 Å². The largest absolute Gasteiger partial charge is 0.376 e. The predicted octanol–water partition coefficient (Wildman–Crippen LogP) is 2.62. The third kappa shape index (κ3) is 1.92. The van der Waals surface area contributed by atoms with Crippen LogP contribution in [-0.2, 0) is 0 Å². The lowest BCUT2D eigenvalue weighted by atomic mass is 9.93. The van der Waals surface area contributed by atoms with Crippen LogP contribution in [0.5, 0.6) is 0 Å². The maximum absolute atomic E-state index is 3.63. The van der Waals surface area contributed by atoms with E-state index >= 15 is 0 Å². The zero-order valence-corrected chi connectivity index (χ0v) is 9.60. The van der Waals surface area contributed by atoms with E-state index in [0.29, 0.717) is 0 Å². The van der Waals surface area contributed by atoms with Crippen LogP contribution in [0.2, 0.25) is 0 Å². The van der Waals surface area contributed by atoms with E-state index in [2.05, 4.69) is 10.2 Å². The number of hydrogen-bond acceptors (Lipinski definition) is 2. The van der Waals surface area contributed by atoms with Crippen LogP contribution in [0.3, 0.4) is 0 Å². The third-order valence-corrected chi connectivity index (χ3v) is 4.31. The van der Waals surface area contributed by atoms with Gasteiger partial charge in [-0.2, -0.15) is 0 Å². The summed E-state index contributed by atoms with van der Waals surface area (Å²) in [5.74, 6) is 0. The number of nitrogens with zero attached hydrogens (tertiary/aromatic N) is 1. The van der Waals surface area contributed by atoms with Gasteiger partial charge in [0.1, 0.15) is 0 Å². The van der Waals surface area contributed by atoms with Gasteiger partial charge in [-0.15, -0.1) is 0 Å². The second kappa shape index (κ2) is 4.17. The van der Waals surface area contributed by atoms with Crippen molar-refractivity contribution in [1.82, 2.24) is 10.2 Å². The Morgan fingerprint density at radius 3 is 2.73 bits per heavy atom.